The van der Waals surface area contributed by atoms with Crippen molar-refractivity contribution in [1.82, 2.24) is 0 Å². The van der Waals surface area contributed by atoms with Gasteiger partial charge < -0.3 is 23.4 Å². The van der Waals surface area contributed by atoms with Gasteiger partial charge in [-0.25, -0.2) is 0 Å². The van der Waals surface area contributed by atoms with E-state index < -0.39 is 8.32 Å². The van der Waals surface area contributed by atoms with Crippen LogP contribution in [0.1, 0.15) is 37.5 Å². The third kappa shape index (κ3) is 6.64. The Kier molecular flexibility index (Phi) is 8.74. The number of rotatable bonds is 10. The first kappa shape index (κ1) is 27.2. The molecule has 36 heavy (non-hydrogen) atoms. The Labute approximate surface area is 216 Å². The summed E-state index contributed by atoms with van der Waals surface area (Å²) in [6, 6.07) is 19.9. The molecule has 0 atom stereocenters. The van der Waals surface area contributed by atoms with Crippen molar-refractivity contribution in [3.63, 3.8) is 0 Å². The maximum Gasteiger partial charge on any atom is 0.250 e. The molecule has 0 fully saturated rings. The standard InChI is InChI=1S/C30H38O5Si/c1-30(2,3)36(7,8)35-28-20-24(19-27(32-5)29(28)33-6)15-14-22-16-17-25(31-4)26(18-22)34-21-23-12-10-9-11-13-23/h9-20H,21H2,1-8H3. The number of ether oxygens (including phenoxy) is 4. The summed E-state index contributed by atoms with van der Waals surface area (Å²) >= 11 is 0. The Hall–Kier alpha value is -3.38. The highest BCUT2D eigenvalue weighted by Gasteiger charge is 2.39. The van der Waals surface area contributed by atoms with Gasteiger partial charge in [0.05, 0.1) is 21.3 Å². The van der Waals surface area contributed by atoms with Gasteiger partial charge in [-0.3, -0.25) is 0 Å². The summed E-state index contributed by atoms with van der Waals surface area (Å²) in [6.07, 6.45) is 4.06. The van der Waals surface area contributed by atoms with E-state index in [-0.39, 0.29) is 5.04 Å². The fourth-order valence-corrected chi connectivity index (χ4v) is 4.39. The van der Waals surface area contributed by atoms with Crippen molar-refractivity contribution in [2.75, 3.05) is 21.3 Å². The summed E-state index contributed by atoms with van der Waals surface area (Å²) in [4.78, 5) is 0. The van der Waals surface area contributed by atoms with E-state index in [4.69, 9.17) is 23.4 Å². The monoisotopic (exact) mass is 506 g/mol. The largest absolute Gasteiger partial charge is 0.541 e. The van der Waals surface area contributed by atoms with Crippen molar-refractivity contribution in [3.05, 3.63) is 77.4 Å². The summed E-state index contributed by atoms with van der Waals surface area (Å²) in [5, 5.41) is 0.0519. The van der Waals surface area contributed by atoms with E-state index in [2.05, 4.69) is 33.9 Å². The first-order valence-electron chi connectivity index (χ1n) is 12.1. The van der Waals surface area contributed by atoms with Gasteiger partial charge in [0.15, 0.2) is 23.0 Å². The molecule has 0 aliphatic heterocycles. The van der Waals surface area contributed by atoms with E-state index in [0.29, 0.717) is 35.4 Å². The molecule has 6 heteroatoms. The minimum Gasteiger partial charge on any atom is -0.541 e. The molecule has 3 aromatic carbocycles. The van der Waals surface area contributed by atoms with Gasteiger partial charge in [0.25, 0.3) is 8.32 Å². The lowest BCUT2D eigenvalue weighted by atomic mass is 10.1. The topological polar surface area (TPSA) is 46.2 Å². The van der Waals surface area contributed by atoms with Gasteiger partial charge >= 0.3 is 0 Å². The van der Waals surface area contributed by atoms with Crippen molar-refractivity contribution in [2.24, 2.45) is 0 Å². The number of hydrogen-bond donors (Lipinski definition) is 0. The quantitative estimate of drug-likeness (QED) is 0.207. The molecule has 192 valence electrons. The Balaban J connectivity index is 1.90. The van der Waals surface area contributed by atoms with Crippen LogP contribution in [0.25, 0.3) is 12.2 Å². The third-order valence-electron chi connectivity index (χ3n) is 6.53. The van der Waals surface area contributed by atoms with Crippen LogP contribution in [-0.4, -0.2) is 29.6 Å². The second-order valence-corrected chi connectivity index (χ2v) is 14.9. The lowest BCUT2D eigenvalue weighted by Crippen LogP contribution is -2.43. The van der Waals surface area contributed by atoms with Crippen molar-refractivity contribution < 1.29 is 23.4 Å². The van der Waals surface area contributed by atoms with Crippen LogP contribution in [-0.2, 0) is 6.61 Å². The zero-order valence-corrected chi connectivity index (χ0v) is 23.7. The van der Waals surface area contributed by atoms with Crippen LogP contribution in [0.4, 0.5) is 0 Å². The molecular weight excluding hydrogens is 468 g/mol. The van der Waals surface area contributed by atoms with Gasteiger partial charge in [-0.05, 0) is 59.1 Å². The Morgan fingerprint density at radius 3 is 1.92 bits per heavy atom. The summed E-state index contributed by atoms with van der Waals surface area (Å²) in [5.74, 6) is 3.33. The highest BCUT2D eigenvalue weighted by molar-refractivity contribution is 6.74. The molecule has 0 aliphatic carbocycles. The highest BCUT2D eigenvalue weighted by Crippen LogP contribution is 2.44. The first-order chi connectivity index (χ1) is 17.1. The molecule has 0 unspecified atom stereocenters. The average molecular weight is 507 g/mol. The number of hydrogen-bond acceptors (Lipinski definition) is 5. The molecule has 0 spiro atoms. The molecule has 0 aromatic heterocycles. The van der Waals surface area contributed by atoms with Crippen molar-refractivity contribution in [3.8, 4) is 28.7 Å². The fraction of sp³-hybridized carbons (Fsp3) is 0.333. The van der Waals surface area contributed by atoms with Gasteiger partial charge in [0.2, 0.25) is 5.75 Å². The van der Waals surface area contributed by atoms with Crippen LogP contribution in [0.2, 0.25) is 18.1 Å². The van der Waals surface area contributed by atoms with Crippen molar-refractivity contribution in [2.45, 2.75) is 45.5 Å². The van der Waals surface area contributed by atoms with E-state index >= 15 is 0 Å². The summed E-state index contributed by atoms with van der Waals surface area (Å²) in [5.41, 5.74) is 3.03. The number of benzene rings is 3. The van der Waals surface area contributed by atoms with Crippen LogP contribution in [0.15, 0.2) is 60.7 Å². The average Bonchev–Trinajstić information content (AvgIpc) is 2.85. The Morgan fingerprint density at radius 1 is 0.694 bits per heavy atom. The second kappa shape index (κ2) is 11.6. The Bertz CT molecular complexity index is 1180. The molecule has 0 aliphatic rings. The lowest BCUT2D eigenvalue weighted by molar-refractivity contribution is 0.284. The molecule has 0 N–H and O–H groups in total. The maximum absolute atomic E-state index is 6.61. The highest BCUT2D eigenvalue weighted by atomic mass is 28.4. The van der Waals surface area contributed by atoms with Gasteiger partial charge in [-0.15, -0.1) is 0 Å². The SMILES string of the molecule is COc1ccc(C=Cc2cc(OC)c(OC)c(O[Si](C)(C)C(C)(C)C)c2)cc1OCc1ccccc1. The summed E-state index contributed by atoms with van der Waals surface area (Å²) in [7, 11) is 2.84. The molecule has 0 saturated carbocycles. The van der Waals surface area contributed by atoms with Crippen LogP contribution >= 0.6 is 0 Å². The molecule has 0 radical (unpaired) electrons. The van der Waals surface area contributed by atoms with Crippen LogP contribution in [0, 0.1) is 0 Å². The van der Waals surface area contributed by atoms with Gasteiger partial charge in [0, 0.05) is 0 Å². The molecule has 3 rings (SSSR count). The van der Waals surface area contributed by atoms with Crippen molar-refractivity contribution >= 4 is 20.5 Å². The van der Waals surface area contributed by atoms with Crippen LogP contribution in [0.3, 0.4) is 0 Å². The van der Waals surface area contributed by atoms with Crippen LogP contribution < -0.4 is 23.4 Å². The zero-order valence-electron chi connectivity index (χ0n) is 22.7. The van der Waals surface area contributed by atoms with E-state index in [1.54, 1.807) is 21.3 Å². The second-order valence-electron chi connectivity index (χ2n) is 10.1. The molecule has 3 aromatic rings. The molecule has 0 amide bonds. The Morgan fingerprint density at radius 2 is 1.31 bits per heavy atom. The zero-order chi connectivity index (χ0) is 26.3. The molecule has 0 saturated heterocycles. The van der Waals surface area contributed by atoms with E-state index in [1.165, 1.54) is 0 Å². The smallest absolute Gasteiger partial charge is 0.250 e. The van der Waals surface area contributed by atoms with Gasteiger partial charge in [-0.1, -0.05) is 69.3 Å². The number of methoxy groups -OCH3 is 3. The summed E-state index contributed by atoms with van der Waals surface area (Å²) in [6.45, 7) is 11.6. The molecule has 0 heterocycles. The predicted molar refractivity (Wildman–Crippen MR) is 150 cm³/mol. The molecular formula is C30H38O5Si. The summed E-state index contributed by atoms with van der Waals surface area (Å²) < 4.78 is 29.5. The first-order valence-corrected chi connectivity index (χ1v) is 15.0. The molecule has 0 bridgehead atoms. The fourth-order valence-electron chi connectivity index (χ4n) is 3.39. The van der Waals surface area contributed by atoms with Gasteiger partial charge in [0.1, 0.15) is 6.61 Å². The van der Waals surface area contributed by atoms with Crippen molar-refractivity contribution in [1.29, 1.82) is 0 Å². The minimum atomic E-state index is -2.08. The normalized spacial score (nSPS) is 11.9. The lowest BCUT2D eigenvalue weighted by Gasteiger charge is -2.37. The van der Waals surface area contributed by atoms with Gasteiger partial charge in [-0.2, -0.15) is 0 Å². The predicted octanol–water partition coefficient (Wildman–Crippen LogP) is 7.85. The van der Waals surface area contributed by atoms with Crippen LogP contribution in [0.5, 0.6) is 28.7 Å². The van der Waals surface area contributed by atoms with E-state index in [0.717, 1.165) is 16.7 Å². The third-order valence-corrected chi connectivity index (χ3v) is 10.9. The van der Waals surface area contributed by atoms with E-state index in [1.807, 2.05) is 72.8 Å². The molecule has 5 nitrogen and oxygen atoms in total. The maximum atomic E-state index is 6.61. The minimum absolute atomic E-state index is 0.0519. The van der Waals surface area contributed by atoms with E-state index in [9.17, 15) is 0 Å².